The number of sulfonamides is 1. The van der Waals surface area contributed by atoms with Crippen LogP contribution < -0.4 is 10.0 Å². The quantitative estimate of drug-likeness (QED) is 0.243. The number of anilines is 3. The molecular weight excluding hydrogens is 559 g/mol. The first kappa shape index (κ1) is 24.3. The minimum Gasteiger partial charge on any atom is -0.351 e. The maximum atomic E-state index is 14.8. The predicted octanol–water partition coefficient (Wildman–Crippen LogP) is 6.33. The van der Waals surface area contributed by atoms with E-state index >= 15 is 0 Å². The van der Waals surface area contributed by atoms with Crippen LogP contribution in [-0.2, 0) is 16.4 Å². The van der Waals surface area contributed by atoms with Crippen LogP contribution in [0.4, 0.5) is 34.6 Å². The molecule has 3 rings (SSSR count). The predicted molar refractivity (Wildman–Crippen MR) is 126 cm³/mol. The van der Waals surface area contributed by atoms with Crippen molar-refractivity contribution in [3.63, 3.8) is 0 Å². The van der Waals surface area contributed by atoms with Crippen molar-refractivity contribution in [3.05, 3.63) is 86.5 Å². The highest BCUT2D eigenvalue weighted by atomic mass is 127. The molecule has 0 saturated carbocycles. The molecule has 2 N–H and O–H groups in total. The summed E-state index contributed by atoms with van der Waals surface area (Å²) < 4.78 is 84.8. The summed E-state index contributed by atoms with van der Waals surface area (Å²) in [6, 6.07) is 10.8. The Hall–Kier alpha value is -2.34. The lowest BCUT2D eigenvalue weighted by Crippen LogP contribution is -2.17. The molecule has 4 nitrogen and oxygen atoms in total. The molecule has 0 amide bonds. The third-order valence-corrected chi connectivity index (χ3v) is 6.71. The van der Waals surface area contributed by atoms with E-state index in [1.807, 2.05) is 22.6 Å². The largest absolute Gasteiger partial charge is 0.351 e. The molecule has 0 radical (unpaired) electrons. The fourth-order valence-corrected chi connectivity index (χ4v) is 4.63. The zero-order chi connectivity index (χ0) is 23.5. The van der Waals surface area contributed by atoms with Crippen molar-refractivity contribution in [2.24, 2.45) is 0 Å². The van der Waals surface area contributed by atoms with Gasteiger partial charge < -0.3 is 5.32 Å². The second-order valence-electron chi connectivity index (χ2n) is 7.03. The van der Waals surface area contributed by atoms with Crippen LogP contribution in [-0.4, -0.2) is 14.2 Å². The van der Waals surface area contributed by atoms with E-state index in [9.17, 15) is 26.0 Å². The van der Waals surface area contributed by atoms with Gasteiger partial charge in [-0.1, -0.05) is 25.1 Å². The molecule has 0 aromatic heterocycles. The average molecular weight is 578 g/mol. The zero-order valence-electron chi connectivity index (χ0n) is 16.9. The Kier molecular flexibility index (Phi) is 7.65. The molecule has 3 aromatic rings. The van der Waals surface area contributed by atoms with Crippen molar-refractivity contribution in [1.82, 2.24) is 0 Å². The van der Waals surface area contributed by atoms with E-state index in [-0.39, 0.29) is 40.4 Å². The molecule has 0 aliphatic carbocycles. The Morgan fingerprint density at radius 2 is 1.53 bits per heavy atom. The molecule has 32 heavy (non-hydrogen) atoms. The molecule has 0 aliphatic heterocycles. The van der Waals surface area contributed by atoms with Gasteiger partial charge in [0, 0.05) is 9.99 Å². The summed E-state index contributed by atoms with van der Waals surface area (Å²) in [5, 5.41) is 2.51. The summed E-state index contributed by atoms with van der Waals surface area (Å²) in [5.74, 6) is -4.11. The van der Waals surface area contributed by atoms with E-state index in [4.69, 9.17) is 0 Å². The van der Waals surface area contributed by atoms with Crippen molar-refractivity contribution >= 4 is 49.7 Å². The van der Waals surface area contributed by atoms with Gasteiger partial charge in [-0.25, -0.2) is 26.0 Å². The molecule has 0 bridgehead atoms. The number of halogens is 5. The van der Waals surface area contributed by atoms with Crippen LogP contribution in [0.3, 0.4) is 0 Å². The minimum atomic E-state index is -3.72. The standard InChI is InChI=1S/C22H19F4IN2O2S/c1-2-10-32(30,31)29-19-5-3-4-13(20(19)24)11-14-6-8-18(22(26)21(14)25)28-17-9-7-15(27)12-16(17)23/h3-9,12,28-29H,2,10-11H2,1H3. The average Bonchev–Trinajstić information content (AvgIpc) is 2.72. The normalized spacial score (nSPS) is 11.4. The van der Waals surface area contributed by atoms with E-state index in [2.05, 4.69) is 10.0 Å². The molecule has 0 unspecified atom stereocenters. The maximum absolute atomic E-state index is 14.8. The SMILES string of the molecule is CCCS(=O)(=O)Nc1cccc(Cc2ccc(Nc3ccc(I)cc3F)c(F)c2F)c1F. The van der Waals surface area contributed by atoms with E-state index < -0.39 is 33.3 Å². The molecule has 0 heterocycles. The molecule has 3 aromatic carbocycles. The summed E-state index contributed by atoms with van der Waals surface area (Å²) >= 11 is 1.93. The van der Waals surface area contributed by atoms with Crippen molar-refractivity contribution in [3.8, 4) is 0 Å². The number of nitrogens with one attached hydrogen (secondary N) is 2. The van der Waals surface area contributed by atoms with E-state index in [0.29, 0.717) is 9.99 Å². The first-order valence-electron chi connectivity index (χ1n) is 9.58. The van der Waals surface area contributed by atoms with Gasteiger partial charge >= 0.3 is 0 Å². The Morgan fingerprint density at radius 1 is 0.844 bits per heavy atom. The van der Waals surface area contributed by atoms with Gasteiger partial charge in [-0.15, -0.1) is 0 Å². The summed E-state index contributed by atoms with van der Waals surface area (Å²) in [7, 11) is -3.72. The molecule has 0 atom stereocenters. The van der Waals surface area contributed by atoms with Crippen LogP contribution in [0.1, 0.15) is 24.5 Å². The highest BCUT2D eigenvalue weighted by Crippen LogP contribution is 2.29. The summed E-state index contributed by atoms with van der Waals surface area (Å²) in [4.78, 5) is 0. The number of rotatable bonds is 8. The van der Waals surface area contributed by atoms with Gasteiger partial charge in [0.25, 0.3) is 0 Å². The van der Waals surface area contributed by atoms with Crippen LogP contribution in [0.25, 0.3) is 0 Å². The van der Waals surface area contributed by atoms with Gasteiger partial charge in [-0.05, 0) is 70.5 Å². The van der Waals surface area contributed by atoms with Gasteiger partial charge in [0.05, 0.1) is 22.8 Å². The third-order valence-electron chi connectivity index (χ3n) is 4.56. The summed E-state index contributed by atoms with van der Waals surface area (Å²) in [6.07, 6.45) is 0.0454. The van der Waals surface area contributed by atoms with Gasteiger partial charge in [-0.3, -0.25) is 4.72 Å². The van der Waals surface area contributed by atoms with Gasteiger partial charge in [0.1, 0.15) is 5.82 Å². The second-order valence-corrected chi connectivity index (χ2v) is 10.1. The topological polar surface area (TPSA) is 58.2 Å². The molecule has 10 heteroatoms. The molecular formula is C22H19F4IN2O2S. The lowest BCUT2D eigenvalue weighted by molar-refractivity contribution is 0.502. The van der Waals surface area contributed by atoms with Crippen LogP contribution in [0.15, 0.2) is 48.5 Å². The fourth-order valence-electron chi connectivity index (χ4n) is 3.05. The van der Waals surface area contributed by atoms with Crippen LogP contribution >= 0.6 is 22.6 Å². The molecule has 0 saturated heterocycles. The lowest BCUT2D eigenvalue weighted by Gasteiger charge is -2.13. The Balaban J connectivity index is 1.86. The van der Waals surface area contributed by atoms with Gasteiger partial charge in [0.15, 0.2) is 17.5 Å². The molecule has 0 spiro atoms. The minimum absolute atomic E-state index is 0.00983. The van der Waals surface area contributed by atoms with Crippen LogP contribution in [0.5, 0.6) is 0 Å². The van der Waals surface area contributed by atoms with Crippen molar-refractivity contribution < 1.29 is 26.0 Å². The van der Waals surface area contributed by atoms with Crippen molar-refractivity contribution in [2.45, 2.75) is 19.8 Å². The summed E-state index contributed by atoms with van der Waals surface area (Å²) in [6.45, 7) is 1.68. The highest BCUT2D eigenvalue weighted by Gasteiger charge is 2.19. The van der Waals surface area contributed by atoms with Crippen molar-refractivity contribution in [1.29, 1.82) is 0 Å². The number of hydrogen-bond donors (Lipinski definition) is 2. The third kappa shape index (κ3) is 5.71. The lowest BCUT2D eigenvalue weighted by atomic mass is 10.0. The number of benzene rings is 3. The monoisotopic (exact) mass is 578 g/mol. The molecule has 0 aliphatic rings. The molecule has 170 valence electrons. The second kappa shape index (κ2) is 10.1. The zero-order valence-corrected chi connectivity index (χ0v) is 19.8. The van der Waals surface area contributed by atoms with Gasteiger partial charge in [-0.2, -0.15) is 0 Å². The van der Waals surface area contributed by atoms with Crippen LogP contribution in [0.2, 0.25) is 0 Å². The first-order valence-corrected chi connectivity index (χ1v) is 12.3. The number of hydrogen-bond acceptors (Lipinski definition) is 3. The Bertz CT molecular complexity index is 1250. The Morgan fingerprint density at radius 3 is 2.22 bits per heavy atom. The van der Waals surface area contributed by atoms with E-state index in [0.717, 1.165) is 0 Å². The van der Waals surface area contributed by atoms with E-state index in [1.165, 1.54) is 42.5 Å². The van der Waals surface area contributed by atoms with Crippen molar-refractivity contribution in [2.75, 3.05) is 15.8 Å². The smallest absolute Gasteiger partial charge is 0.232 e. The summed E-state index contributed by atoms with van der Waals surface area (Å²) in [5.41, 5.74) is -0.695. The fraction of sp³-hybridized carbons (Fsp3) is 0.182. The maximum Gasteiger partial charge on any atom is 0.232 e. The molecule has 0 fully saturated rings. The van der Waals surface area contributed by atoms with E-state index in [1.54, 1.807) is 13.0 Å². The van der Waals surface area contributed by atoms with Gasteiger partial charge in [0.2, 0.25) is 10.0 Å². The first-order chi connectivity index (χ1) is 15.1. The Labute approximate surface area is 197 Å². The highest BCUT2D eigenvalue weighted by molar-refractivity contribution is 14.1. The van der Waals surface area contributed by atoms with Crippen LogP contribution in [0, 0.1) is 26.8 Å².